The molecule has 7 heteroatoms. The summed E-state index contributed by atoms with van der Waals surface area (Å²) in [6.45, 7) is 1.79. The smallest absolute Gasteiger partial charge is 0.258 e. The van der Waals surface area contributed by atoms with E-state index in [1.54, 1.807) is 6.92 Å². The second-order valence-corrected chi connectivity index (χ2v) is 6.41. The number of rotatable bonds is 4. The predicted molar refractivity (Wildman–Crippen MR) is 71.5 cm³/mol. The minimum absolute atomic E-state index is 0.0615. The van der Waals surface area contributed by atoms with Gasteiger partial charge in [-0.15, -0.1) is 0 Å². The van der Waals surface area contributed by atoms with Crippen molar-refractivity contribution in [3.63, 3.8) is 0 Å². The predicted octanol–water partition coefficient (Wildman–Crippen LogP) is 2.21. The zero-order valence-corrected chi connectivity index (χ0v) is 12.0. The van der Waals surface area contributed by atoms with Crippen molar-refractivity contribution in [2.24, 2.45) is 0 Å². The van der Waals surface area contributed by atoms with Crippen LogP contribution in [0.1, 0.15) is 18.5 Å². The Bertz CT molecular complexity index is 608. The zero-order chi connectivity index (χ0) is 13.2. The molecule has 0 amide bonds. The highest BCUT2D eigenvalue weighted by Gasteiger charge is 2.19. The number of aromatic amines is 1. The molecule has 0 aliphatic rings. The van der Waals surface area contributed by atoms with Crippen LogP contribution in [0.4, 0.5) is 0 Å². The molecule has 1 aromatic heterocycles. The van der Waals surface area contributed by atoms with Gasteiger partial charge in [0.05, 0.1) is 12.5 Å². The number of sulfonamides is 1. The van der Waals surface area contributed by atoms with Gasteiger partial charge < -0.3 is 4.98 Å². The van der Waals surface area contributed by atoms with Gasteiger partial charge in [0.25, 0.3) is 10.0 Å². The maximum atomic E-state index is 12.0. The van der Waals surface area contributed by atoms with E-state index < -0.39 is 10.0 Å². The van der Waals surface area contributed by atoms with E-state index in [-0.39, 0.29) is 11.1 Å². The first-order valence-corrected chi connectivity index (χ1v) is 7.53. The van der Waals surface area contributed by atoms with Gasteiger partial charge in [0.1, 0.15) is 0 Å². The molecule has 2 rings (SSSR count). The fraction of sp³-hybridized carbons (Fsp3) is 0.182. The lowest BCUT2D eigenvalue weighted by molar-refractivity contribution is 0.564. The molecular weight excluding hydrogens is 318 g/mol. The van der Waals surface area contributed by atoms with Crippen molar-refractivity contribution in [3.05, 3.63) is 46.8 Å². The molecule has 96 valence electrons. The summed E-state index contributed by atoms with van der Waals surface area (Å²) in [4.78, 5) is 6.27. The molecule has 0 bridgehead atoms. The number of imidazole rings is 1. The maximum Gasteiger partial charge on any atom is 0.258 e. The van der Waals surface area contributed by atoms with Gasteiger partial charge in [-0.3, -0.25) is 0 Å². The number of aromatic nitrogens is 2. The molecular formula is C11H12BrN3O2S. The first-order chi connectivity index (χ1) is 8.49. The van der Waals surface area contributed by atoms with Gasteiger partial charge in [-0.2, -0.15) is 0 Å². The molecule has 5 nitrogen and oxygen atoms in total. The number of nitrogens with one attached hydrogen (secondary N) is 2. The average molecular weight is 330 g/mol. The van der Waals surface area contributed by atoms with Gasteiger partial charge >= 0.3 is 0 Å². The van der Waals surface area contributed by atoms with Crippen LogP contribution in [-0.4, -0.2) is 18.4 Å². The highest BCUT2D eigenvalue weighted by atomic mass is 79.9. The van der Waals surface area contributed by atoms with Gasteiger partial charge in [-0.05, 0) is 24.6 Å². The first kappa shape index (κ1) is 13.3. The van der Waals surface area contributed by atoms with E-state index in [9.17, 15) is 8.42 Å². The van der Waals surface area contributed by atoms with Crippen LogP contribution in [0.5, 0.6) is 0 Å². The Kier molecular flexibility index (Phi) is 3.84. The Morgan fingerprint density at radius 2 is 2.00 bits per heavy atom. The lowest BCUT2D eigenvalue weighted by Gasteiger charge is -2.13. The third-order valence-corrected chi connectivity index (χ3v) is 4.46. The molecule has 0 spiro atoms. The van der Waals surface area contributed by atoms with Crippen LogP contribution in [0.3, 0.4) is 0 Å². The van der Waals surface area contributed by atoms with Crippen molar-refractivity contribution in [2.75, 3.05) is 0 Å². The van der Waals surface area contributed by atoms with Crippen molar-refractivity contribution in [3.8, 4) is 0 Å². The van der Waals surface area contributed by atoms with Crippen LogP contribution >= 0.6 is 15.9 Å². The molecule has 0 saturated heterocycles. The molecule has 2 aromatic rings. The standard InChI is InChI=1S/C11H12BrN3O2S/c1-8(9-2-4-10(12)5-3-9)15-18(16,17)11-6-13-7-14-11/h2-8,15H,1H3,(H,13,14). The molecule has 18 heavy (non-hydrogen) atoms. The van der Waals surface area contributed by atoms with Crippen molar-refractivity contribution >= 4 is 26.0 Å². The van der Waals surface area contributed by atoms with Crippen LogP contribution in [0, 0.1) is 0 Å². The van der Waals surface area contributed by atoms with Gasteiger partial charge in [-0.1, -0.05) is 28.1 Å². The molecule has 1 unspecified atom stereocenters. The van der Waals surface area contributed by atoms with E-state index in [0.717, 1.165) is 10.0 Å². The lowest BCUT2D eigenvalue weighted by atomic mass is 10.1. The molecule has 0 fully saturated rings. The molecule has 1 heterocycles. The Morgan fingerprint density at radius 1 is 1.33 bits per heavy atom. The van der Waals surface area contributed by atoms with E-state index in [1.165, 1.54) is 12.5 Å². The molecule has 0 saturated carbocycles. The van der Waals surface area contributed by atoms with Crippen LogP contribution < -0.4 is 4.72 Å². The lowest BCUT2D eigenvalue weighted by Crippen LogP contribution is -2.27. The fourth-order valence-corrected chi connectivity index (χ4v) is 2.91. The monoisotopic (exact) mass is 329 g/mol. The van der Waals surface area contributed by atoms with Gasteiger partial charge in [0.2, 0.25) is 0 Å². The molecule has 0 aliphatic heterocycles. The Labute approximate surface area is 114 Å². The quantitative estimate of drug-likeness (QED) is 0.903. The summed E-state index contributed by atoms with van der Waals surface area (Å²) in [6.07, 6.45) is 2.61. The zero-order valence-electron chi connectivity index (χ0n) is 9.59. The Balaban J connectivity index is 2.17. The summed E-state index contributed by atoms with van der Waals surface area (Å²) >= 11 is 3.34. The summed E-state index contributed by atoms with van der Waals surface area (Å²) in [6, 6.07) is 7.16. The third-order valence-electron chi connectivity index (χ3n) is 2.46. The minimum Gasteiger partial charge on any atom is -0.335 e. The van der Waals surface area contributed by atoms with Gasteiger partial charge in [-0.25, -0.2) is 18.1 Å². The Morgan fingerprint density at radius 3 is 2.56 bits per heavy atom. The summed E-state index contributed by atoms with van der Waals surface area (Å²) in [5.74, 6) is 0. The molecule has 2 N–H and O–H groups in total. The summed E-state index contributed by atoms with van der Waals surface area (Å²) in [5.41, 5.74) is 0.890. The molecule has 0 aliphatic carbocycles. The van der Waals surface area contributed by atoms with Crippen molar-refractivity contribution in [2.45, 2.75) is 18.0 Å². The number of hydrogen-bond acceptors (Lipinski definition) is 3. The highest BCUT2D eigenvalue weighted by Crippen LogP contribution is 2.18. The molecule has 1 aromatic carbocycles. The van der Waals surface area contributed by atoms with E-state index >= 15 is 0 Å². The van der Waals surface area contributed by atoms with Crippen LogP contribution in [0.2, 0.25) is 0 Å². The third kappa shape index (κ3) is 2.98. The Hall–Kier alpha value is -1.18. The average Bonchev–Trinajstić information content (AvgIpc) is 2.83. The van der Waals surface area contributed by atoms with Crippen LogP contribution in [0.15, 0.2) is 46.3 Å². The summed E-state index contributed by atoms with van der Waals surface area (Å²) < 4.78 is 27.4. The normalized spacial score (nSPS) is 13.4. The molecule has 0 radical (unpaired) electrons. The van der Waals surface area contributed by atoms with Crippen molar-refractivity contribution in [1.82, 2.24) is 14.7 Å². The first-order valence-electron chi connectivity index (χ1n) is 5.25. The number of H-pyrrole nitrogens is 1. The number of nitrogens with zero attached hydrogens (tertiary/aromatic N) is 1. The fourth-order valence-electron chi connectivity index (χ4n) is 1.51. The van der Waals surface area contributed by atoms with Gasteiger partial charge in [0, 0.05) is 10.5 Å². The SMILES string of the molecule is CC(NS(=O)(=O)c1cnc[nH]1)c1ccc(Br)cc1. The van der Waals surface area contributed by atoms with Crippen molar-refractivity contribution in [1.29, 1.82) is 0 Å². The second kappa shape index (κ2) is 5.21. The van der Waals surface area contributed by atoms with Crippen molar-refractivity contribution < 1.29 is 8.42 Å². The van der Waals surface area contributed by atoms with E-state index in [4.69, 9.17) is 0 Å². The number of benzene rings is 1. The second-order valence-electron chi connectivity index (χ2n) is 3.81. The minimum atomic E-state index is -3.55. The highest BCUT2D eigenvalue weighted by molar-refractivity contribution is 9.10. The van der Waals surface area contributed by atoms with Gasteiger partial charge in [0.15, 0.2) is 5.03 Å². The topological polar surface area (TPSA) is 74.8 Å². The van der Waals surface area contributed by atoms with E-state index in [1.807, 2.05) is 24.3 Å². The number of halogens is 1. The summed E-state index contributed by atoms with van der Waals surface area (Å²) in [7, 11) is -3.55. The molecule has 1 atom stereocenters. The summed E-state index contributed by atoms with van der Waals surface area (Å²) in [5, 5.41) is 0.0615. The van der Waals surface area contributed by atoms with Crippen LogP contribution in [0.25, 0.3) is 0 Å². The van der Waals surface area contributed by atoms with Crippen LogP contribution in [-0.2, 0) is 10.0 Å². The largest absolute Gasteiger partial charge is 0.335 e. The van der Waals surface area contributed by atoms with E-state index in [2.05, 4.69) is 30.6 Å². The number of hydrogen-bond donors (Lipinski definition) is 2. The van der Waals surface area contributed by atoms with E-state index in [0.29, 0.717) is 0 Å². The maximum absolute atomic E-state index is 12.0.